The average molecular weight is 252 g/mol. The minimum absolute atomic E-state index is 0.514. The van der Waals surface area contributed by atoms with Gasteiger partial charge in [0.2, 0.25) is 0 Å². The number of allylic oxidation sites excluding steroid dienone is 4. The van der Waals surface area contributed by atoms with Crippen LogP contribution < -0.4 is 0 Å². The molecule has 0 unspecified atom stereocenters. The van der Waals surface area contributed by atoms with Gasteiger partial charge in [-0.1, -0.05) is 0 Å². The Kier molecular flexibility index (Phi) is 5.26. The molecule has 1 aliphatic rings. The number of hydrogen-bond acceptors (Lipinski definition) is 1. The molecule has 0 aromatic heterocycles. The summed E-state index contributed by atoms with van der Waals surface area (Å²) in [6.07, 6.45) is 11.8. The second-order valence-electron chi connectivity index (χ2n) is 2.92. The van der Waals surface area contributed by atoms with Crippen LogP contribution in [0.5, 0.6) is 0 Å². The zero-order valence-electron chi connectivity index (χ0n) is 7.87. The molecule has 0 aliphatic heterocycles. The Morgan fingerprint density at radius 1 is 1.38 bits per heavy atom. The van der Waals surface area contributed by atoms with Gasteiger partial charge in [0.15, 0.2) is 0 Å². The molecule has 0 fully saturated rings. The van der Waals surface area contributed by atoms with Gasteiger partial charge in [0.1, 0.15) is 0 Å². The maximum atomic E-state index is 3.77. The first-order chi connectivity index (χ1) is 6.36. The number of nitrogens with zero attached hydrogens (tertiary/aromatic N) is 1. The summed E-state index contributed by atoms with van der Waals surface area (Å²) in [5, 5.41) is 0. The fraction of sp³-hybridized carbons (Fsp3) is 0.273. The van der Waals surface area contributed by atoms with Crippen LogP contribution >= 0.6 is 0 Å². The molecule has 2 heteroatoms. The summed E-state index contributed by atoms with van der Waals surface area (Å²) in [7, 11) is 0. The van der Waals surface area contributed by atoms with Gasteiger partial charge >= 0.3 is 92.7 Å². The van der Waals surface area contributed by atoms with Crippen molar-refractivity contribution in [2.75, 3.05) is 13.1 Å². The van der Waals surface area contributed by atoms with Crippen LogP contribution in [0.3, 0.4) is 0 Å². The SMILES string of the molecule is C=CC[N](CC=C)[Zr][C]1=CC=CC1. The molecule has 1 rings (SSSR count). The predicted molar refractivity (Wildman–Crippen MR) is 53.8 cm³/mol. The Morgan fingerprint density at radius 2 is 2.08 bits per heavy atom. The van der Waals surface area contributed by atoms with Crippen LogP contribution in [0.1, 0.15) is 6.42 Å². The summed E-state index contributed by atoms with van der Waals surface area (Å²) in [6.45, 7) is 9.57. The van der Waals surface area contributed by atoms with E-state index >= 15 is 0 Å². The van der Waals surface area contributed by atoms with Crippen molar-refractivity contribution >= 4 is 0 Å². The van der Waals surface area contributed by atoms with E-state index in [0.717, 1.165) is 13.1 Å². The van der Waals surface area contributed by atoms with Crippen molar-refractivity contribution in [3.8, 4) is 0 Å². The first-order valence-electron chi connectivity index (χ1n) is 4.46. The Balaban J connectivity index is 2.36. The van der Waals surface area contributed by atoms with Gasteiger partial charge < -0.3 is 0 Å². The van der Waals surface area contributed by atoms with Crippen LogP contribution in [-0.2, 0) is 23.5 Å². The Labute approximate surface area is 92.5 Å². The molecule has 0 spiro atoms. The fourth-order valence-electron chi connectivity index (χ4n) is 1.21. The van der Waals surface area contributed by atoms with E-state index in [1.54, 1.807) is 3.28 Å². The molecule has 0 amide bonds. The van der Waals surface area contributed by atoms with Gasteiger partial charge in [0.25, 0.3) is 0 Å². The summed E-state index contributed by atoms with van der Waals surface area (Å²) >= 11 is -0.514. The third-order valence-electron chi connectivity index (χ3n) is 1.77. The molecule has 0 aromatic rings. The molecule has 0 heterocycles. The van der Waals surface area contributed by atoms with E-state index in [9.17, 15) is 0 Å². The normalized spacial score (nSPS) is 14.4. The first-order valence-corrected chi connectivity index (χ1v) is 6.78. The van der Waals surface area contributed by atoms with E-state index < -0.39 is 23.5 Å². The topological polar surface area (TPSA) is 3.24 Å². The van der Waals surface area contributed by atoms with Crippen molar-refractivity contribution in [1.29, 1.82) is 0 Å². The number of hydrogen-bond donors (Lipinski definition) is 0. The maximum absolute atomic E-state index is 3.77. The molecule has 68 valence electrons. The van der Waals surface area contributed by atoms with Gasteiger partial charge in [-0.05, 0) is 0 Å². The second-order valence-corrected chi connectivity index (χ2v) is 6.60. The van der Waals surface area contributed by atoms with Gasteiger partial charge in [0, 0.05) is 0 Å². The quantitative estimate of drug-likeness (QED) is 0.657. The van der Waals surface area contributed by atoms with Crippen LogP contribution in [0, 0.1) is 0 Å². The minimum atomic E-state index is -0.514. The van der Waals surface area contributed by atoms with Crippen LogP contribution in [0.15, 0.2) is 46.8 Å². The molecule has 0 saturated heterocycles. The summed E-state index contributed by atoms with van der Waals surface area (Å²) in [5.41, 5.74) is 0. The standard InChI is InChI=1S/C6H10N.C5H5.Zr/c1-3-5-7-6-4-2;1-2-4-5-3-1;/h3-4H,1-2,5-6H2;1-3H,4H2;/q-1;;+1. The molecule has 13 heavy (non-hydrogen) atoms. The monoisotopic (exact) mass is 251 g/mol. The molecule has 0 atom stereocenters. The summed E-state index contributed by atoms with van der Waals surface area (Å²) in [6, 6.07) is 0. The van der Waals surface area contributed by atoms with Crippen LogP contribution in [0.25, 0.3) is 0 Å². The molecule has 0 saturated carbocycles. The molecule has 0 radical (unpaired) electrons. The molecule has 1 aliphatic carbocycles. The summed E-state index contributed by atoms with van der Waals surface area (Å²) < 4.78 is 4.13. The van der Waals surface area contributed by atoms with Crippen LogP contribution in [0.2, 0.25) is 0 Å². The van der Waals surface area contributed by atoms with Crippen LogP contribution in [0.4, 0.5) is 0 Å². The van der Waals surface area contributed by atoms with Crippen molar-refractivity contribution in [2.24, 2.45) is 0 Å². The van der Waals surface area contributed by atoms with Crippen molar-refractivity contribution in [1.82, 2.24) is 2.84 Å². The van der Waals surface area contributed by atoms with Crippen LogP contribution in [-0.4, -0.2) is 15.9 Å². The summed E-state index contributed by atoms with van der Waals surface area (Å²) in [5.74, 6) is 0. The Morgan fingerprint density at radius 3 is 2.54 bits per heavy atom. The molecule has 0 N–H and O–H groups in total. The third kappa shape index (κ3) is 4.02. The van der Waals surface area contributed by atoms with Gasteiger partial charge in [-0.2, -0.15) is 0 Å². The van der Waals surface area contributed by atoms with E-state index in [2.05, 4.69) is 34.2 Å². The molecular formula is C11H15NZr. The van der Waals surface area contributed by atoms with Gasteiger partial charge in [0.05, 0.1) is 0 Å². The second kappa shape index (κ2) is 6.29. The van der Waals surface area contributed by atoms with E-state index in [4.69, 9.17) is 0 Å². The zero-order valence-corrected chi connectivity index (χ0v) is 10.3. The Bertz CT molecular complexity index is 230. The van der Waals surface area contributed by atoms with E-state index in [1.165, 1.54) is 6.42 Å². The van der Waals surface area contributed by atoms with Crippen molar-refractivity contribution in [2.45, 2.75) is 6.42 Å². The third-order valence-corrected chi connectivity index (χ3v) is 5.06. The number of rotatable bonds is 6. The van der Waals surface area contributed by atoms with E-state index in [0.29, 0.717) is 0 Å². The molecule has 1 nitrogen and oxygen atoms in total. The van der Waals surface area contributed by atoms with Crippen molar-refractivity contribution in [3.05, 3.63) is 46.8 Å². The predicted octanol–water partition coefficient (Wildman–Crippen LogP) is 2.50. The fourth-order valence-corrected chi connectivity index (χ4v) is 4.23. The van der Waals surface area contributed by atoms with Gasteiger partial charge in [-0.25, -0.2) is 0 Å². The average Bonchev–Trinajstić information content (AvgIpc) is 2.58. The van der Waals surface area contributed by atoms with Crippen molar-refractivity contribution in [3.63, 3.8) is 0 Å². The zero-order chi connectivity index (χ0) is 9.52. The Hall–Kier alpha value is -0.197. The molecule has 0 bridgehead atoms. The molecular weight excluding hydrogens is 237 g/mol. The van der Waals surface area contributed by atoms with E-state index in [-0.39, 0.29) is 0 Å². The summed E-state index contributed by atoms with van der Waals surface area (Å²) in [4.78, 5) is 0. The first kappa shape index (κ1) is 10.9. The van der Waals surface area contributed by atoms with Gasteiger partial charge in [-0.3, -0.25) is 0 Å². The molecule has 0 aromatic carbocycles. The van der Waals surface area contributed by atoms with E-state index in [1.807, 2.05) is 12.2 Å². The van der Waals surface area contributed by atoms with Gasteiger partial charge in [-0.15, -0.1) is 0 Å². The van der Waals surface area contributed by atoms with Crippen molar-refractivity contribution < 1.29 is 23.5 Å².